The van der Waals surface area contributed by atoms with E-state index in [1.807, 2.05) is 13.0 Å². The number of rotatable bonds is 2. The van der Waals surface area contributed by atoms with E-state index < -0.39 is 29.5 Å². The molecule has 0 saturated heterocycles. The number of fused-ring (bicyclic) bond motifs is 5. The summed E-state index contributed by atoms with van der Waals surface area (Å²) in [6.45, 7) is 5.48. The fraction of sp³-hybridized carbons (Fsp3) is 0.739. The first-order chi connectivity index (χ1) is 12.6. The molecule has 4 aliphatic rings. The Balaban J connectivity index is 0.00000225. The summed E-state index contributed by atoms with van der Waals surface area (Å²) >= 11 is 0. The highest BCUT2D eigenvalue weighted by Gasteiger charge is 2.68. The van der Waals surface area contributed by atoms with Gasteiger partial charge in [-0.3, -0.25) is 9.59 Å². The summed E-state index contributed by atoms with van der Waals surface area (Å²) in [4.78, 5) is 24.4. The number of hydrogen-bond acceptors (Lipinski definition) is 5. The Hall–Kier alpha value is -1.30. The van der Waals surface area contributed by atoms with Crippen LogP contribution >= 0.6 is 0 Å². The van der Waals surface area contributed by atoms with E-state index in [1.54, 1.807) is 12.2 Å². The summed E-state index contributed by atoms with van der Waals surface area (Å²) in [6, 6.07) is 0. The number of Topliss-reactive ketones (excluding diaryl/α,β-unsaturated/α-hetero) is 1. The smallest absolute Gasteiger partial charge is 0.190 e. The van der Waals surface area contributed by atoms with Crippen LogP contribution in [0.25, 0.3) is 0 Å². The van der Waals surface area contributed by atoms with Crippen LogP contribution in [0, 0.1) is 34.5 Å². The second kappa shape index (κ2) is 6.61. The molecule has 0 aromatic carbocycles. The molecule has 1 unspecified atom stereocenters. The maximum Gasteiger partial charge on any atom is 0.190 e. The predicted octanol–water partition coefficient (Wildman–Crippen LogP) is 2.44. The molecule has 0 spiro atoms. The number of carbonyl (C=O) groups is 2. The summed E-state index contributed by atoms with van der Waals surface area (Å²) in [5, 5.41) is 31.9. The molecule has 0 amide bonds. The van der Waals surface area contributed by atoms with Crippen molar-refractivity contribution < 1.29 is 24.9 Å². The number of aliphatic hydroxyl groups excluding tert-OH is 2. The third kappa shape index (κ3) is 2.49. The average Bonchev–Trinajstić information content (AvgIpc) is 2.87. The van der Waals surface area contributed by atoms with Crippen LogP contribution in [0.15, 0.2) is 23.8 Å². The number of ketones is 2. The molecule has 0 heterocycles. The highest BCUT2D eigenvalue weighted by molar-refractivity contribution is 6.01. The number of aliphatic hydroxyl groups is 3. The van der Waals surface area contributed by atoms with Gasteiger partial charge in [-0.2, -0.15) is 0 Å². The summed E-state index contributed by atoms with van der Waals surface area (Å²) in [5.41, 5.74) is -1.59. The lowest BCUT2D eigenvalue weighted by Gasteiger charge is -2.60. The quantitative estimate of drug-likeness (QED) is 0.673. The SMILES string of the molecule is C.C[C@H]1C[C@@H]2C([C@@H](O)C[C@@]3(C)[C@H]2CC[C@]3(O)C(=O)CO)[C@@]2(C)C=CC(=O)C=C12. The van der Waals surface area contributed by atoms with Gasteiger partial charge in [0.05, 0.1) is 6.10 Å². The van der Waals surface area contributed by atoms with Crippen LogP contribution in [0.1, 0.15) is 53.9 Å². The second-order valence-electron chi connectivity index (χ2n) is 9.72. The molecule has 0 aromatic heterocycles. The predicted molar refractivity (Wildman–Crippen MR) is 106 cm³/mol. The molecule has 4 rings (SSSR count). The van der Waals surface area contributed by atoms with Gasteiger partial charge >= 0.3 is 0 Å². The zero-order valence-electron chi connectivity index (χ0n) is 16.3. The fourth-order valence-corrected chi connectivity index (χ4v) is 7.34. The van der Waals surface area contributed by atoms with E-state index in [-0.39, 0.29) is 42.3 Å². The Kier molecular flexibility index (Phi) is 5.06. The summed E-state index contributed by atoms with van der Waals surface area (Å²) in [5.74, 6) is -0.0768. The van der Waals surface area contributed by atoms with Crippen molar-refractivity contribution >= 4 is 11.6 Å². The zero-order valence-corrected chi connectivity index (χ0v) is 16.3. The molecule has 3 saturated carbocycles. The van der Waals surface area contributed by atoms with E-state index in [2.05, 4.69) is 13.8 Å². The lowest BCUT2D eigenvalue weighted by atomic mass is 9.45. The Bertz CT molecular complexity index is 754. The van der Waals surface area contributed by atoms with E-state index in [0.717, 1.165) is 18.4 Å². The topological polar surface area (TPSA) is 94.8 Å². The molecule has 3 fully saturated rings. The lowest BCUT2D eigenvalue weighted by molar-refractivity contribution is -0.180. The largest absolute Gasteiger partial charge is 0.393 e. The van der Waals surface area contributed by atoms with Crippen LogP contribution in [-0.4, -0.2) is 45.2 Å². The van der Waals surface area contributed by atoms with Crippen molar-refractivity contribution in [2.75, 3.05) is 6.61 Å². The lowest BCUT2D eigenvalue weighted by Crippen LogP contribution is -2.62. The molecule has 28 heavy (non-hydrogen) atoms. The molecule has 5 nitrogen and oxygen atoms in total. The van der Waals surface area contributed by atoms with Crippen molar-refractivity contribution in [2.24, 2.45) is 34.5 Å². The van der Waals surface area contributed by atoms with Crippen molar-refractivity contribution in [1.82, 2.24) is 0 Å². The van der Waals surface area contributed by atoms with Gasteiger partial charge in [0.1, 0.15) is 12.2 Å². The Morgan fingerprint density at radius 2 is 2.00 bits per heavy atom. The van der Waals surface area contributed by atoms with Gasteiger partial charge in [0.15, 0.2) is 11.6 Å². The molecule has 0 aliphatic heterocycles. The van der Waals surface area contributed by atoms with Crippen LogP contribution in [0.2, 0.25) is 0 Å². The fourth-order valence-electron chi connectivity index (χ4n) is 7.34. The molecule has 156 valence electrons. The highest BCUT2D eigenvalue weighted by atomic mass is 16.3. The Labute approximate surface area is 167 Å². The van der Waals surface area contributed by atoms with Gasteiger partial charge in [0.25, 0.3) is 0 Å². The third-order valence-corrected chi connectivity index (χ3v) is 8.57. The maximum atomic E-state index is 12.4. The van der Waals surface area contributed by atoms with Crippen LogP contribution in [0.5, 0.6) is 0 Å². The van der Waals surface area contributed by atoms with Crippen LogP contribution < -0.4 is 0 Å². The van der Waals surface area contributed by atoms with Crippen LogP contribution in [0.3, 0.4) is 0 Å². The molecular formula is C23H34O5. The van der Waals surface area contributed by atoms with E-state index in [9.17, 15) is 24.9 Å². The standard InChI is InChI=1S/C22H30O5.CH4/c1-12-8-14-15-5-7-22(27,18(26)11-23)21(15,3)10-17(25)19(14)20(2)6-4-13(24)9-16(12)20;/h4,6,9,12,14-15,17,19,23,25,27H,5,7-8,10-11H2,1-3H3;1H4/t12-,14-,15-,17-,19?,20-,21-,22-;/m0./s1. The molecule has 0 bridgehead atoms. The Morgan fingerprint density at radius 1 is 1.32 bits per heavy atom. The van der Waals surface area contributed by atoms with Gasteiger partial charge < -0.3 is 15.3 Å². The Morgan fingerprint density at radius 3 is 2.64 bits per heavy atom. The maximum absolute atomic E-state index is 12.4. The van der Waals surface area contributed by atoms with Crippen molar-refractivity contribution in [3.8, 4) is 0 Å². The first kappa shape index (κ1) is 21.4. The molecule has 3 N–H and O–H groups in total. The van der Waals surface area contributed by atoms with Gasteiger partial charge in [-0.25, -0.2) is 0 Å². The normalized spacial score (nSPS) is 49.4. The van der Waals surface area contributed by atoms with E-state index in [1.165, 1.54) is 0 Å². The molecule has 4 aliphatic carbocycles. The van der Waals surface area contributed by atoms with E-state index >= 15 is 0 Å². The molecule has 8 atom stereocenters. The van der Waals surface area contributed by atoms with Gasteiger partial charge in [-0.05, 0) is 55.6 Å². The van der Waals surface area contributed by atoms with Gasteiger partial charge in [-0.15, -0.1) is 0 Å². The molecule has 5 heteroatoms. The minimum atomic E-state index is -1.57. The highest BCUT2D eigenvalue weighted by Crippen LogP contribution is 2.67. The first-order valence-electron chi connectivity index (χ1n) is 10.1. The minimum Gasteiger partial charge on any atom is -0.393 e. The zero-order chi connectivity index (χ0) is 19.8. The second-order valence-corrected chi connectivity index (χ2v) is 9.72. The number of hydrogen-bond donors (Lipinski definition) is 3. The van der Waals surface area contributed by atoms with Crippen molar-refractivity contribution in [3.05, 3.63) is 23.8 Å². The van der Waals surface area contributed by atoms with Crippen molar-refractivity contribution in [2.45, 2.75) is 65.6 Å². The van der Waals surface area contributed by atoms with Gasteiger partial charge in [0, 0.05) is 16.7 Å². The minimum absolute atomic E-state index is 0. The average molecular weight is 391 g/mol. The summed E-state index contributed by atoms with van der Waals surface area (Å²) in [6.07, 6.45) is 6.87. The number of allylic oxidation sites excluding steroid dienone is 4. The van der Waals surface area contributed by atoms with Crippen LogP contribution in [-0.2, 0) is 9.59 Å². The van der Waals surface area contributed by atoms with Crippen molar-refractivity contribution in [1.29, 1.82) is 0 Å². The summed E-state index contributed by atoms with van der Waals surface area (Å²) < 4.78 is 0. The van der Waals surface area contributed by atoms with E-state index in [0.29, 0.717) is 12.8 Å². The van der Waals surface area contributed by atoms with E-state index in [4.69, 9.17) is 0 Å². The summed E-state index contributed by atoms with van der Waals surface area (Å²) in [7, 11) is 0. The first-order valence-corrected chi connectivity index (χ1v) is 10.1. The number of carbonyl (C=O) groups excluding carboxylic acids is 2. The third-order valence-electron chi connectivity index (χ3n) is 8.57. The molecule has 0 radical (unpaired) electrons. The van der Waals surface area contributed by atoms with Crippen LogP contribution in [0.4, 0.5) is 0 Å². The molecule has 0 aromatic rings. The molecular weight excluding hydrogens is 356 g/mol. The van der Waals surface area contributed by atoms with Crippen molar-refractivity contribution in [3.63, 3.8) is 0 Å². The monoisotopic (exact) mass is 390 g/mol. The van der Waals surface area contributed by atoms with Gasteiger partial charge in [-0.1, -0.05) is 39.8 Å². The van der Waals surface area contributed by atoms with Gasteiger partial charge in [0.2, 0.25) is 0 Å².